The lowest BCUT2D eigenvalue weighted by Crippen LogP contribution is -2.15. The number of ether oxygens (including phenoxy) is 2. The fraction of sp³-hybridized carbons (Fsp3) is 0.375. The largest absolute Gasteiger partial charge is 0.497 e. The molecular formula is C16H20N2O3S2. The van der Waals surface area contributed by atoms with Crippen LogP contribution in [0.3, 0.4) is 0 Å². The quantitative estimate of drug-likeness (QED) is 0.612. The third-order valence-electron chi connectivity index (χ3n) is 3.45. The summed E-state index contributed by atoms with van der Waals surface area (Å²) >= 11 is 7.12. The molecule has 23 heavy (non-hydrogen) atoms. The Labute approximate surface area is 144 Å². The number of rotatable bonds is 7. The molecule has 0 spiro atoms. The number of hydrogen-bond donors (Lipinski definition) is 1. The summed E-state index contributed by atoms with van der Waals surface area (Å²) in [6.45, 7) is 0.737. The highest BCUT2D eigenvalue weighted by molar-refractivity contribution is 7.98. The molecule has 0 saturated carbocycles. The smallest absolute Gasteiger partial charge is 0.252 e. The first kappa shape index (κ1) is 17.6. The Balaban J connectivity index is 2.57. The molecule has 0 aliphatic heterocycles. The zero-order chi connectivity index (χ0) is 16.8. The zero-order valence-corrected chi connectivity index (χ0v) is 15.1. The van der Waals surface area contributed by atoms with Crippen molar-refractivity contribution in [3.05, 3.63) is 39.4 Å². The van der Waals surface area contributed by atoms with Crippen LogP contribution in [0.25, 0.3) is 11.3 Å². The van der Waals surface area contributed by atoms with Gasteiger partial charge in [0, 0.05) is 24.2 Å². The van der Waals surface area contributed by atoms with Crippen LogP contribution in [0.2, 0.25) is 0 Å². The molecule has 1 N–H and O–H groups in total. The van der Waals surface area contributed by atoms with E-state index in [9.17, 15) is 4.79 Å². The summed E-state index contributed by atoms with van der Waals surface area (Å²) in [6, 6.07) is 7.08. The number of aromatic nitrogens is 2. The molecule has 7 heteroatoms. The molecule has 2 rings (SSSR count). The van der Waals surface area contributed by atoms with Gasteiger partial charge in [-0.2, -0.15) is 11.8 Å². The van der Waals surface area contributed by atoms with E-state index in [1.807, 2.05) is 16.7 Å². The van der Waals surface area contributed by atoms with Crippen molar-refractivity contribution in [1.29, 1.82) is 0 Å². The third kappa shape index (κ3) is 4.17. The van der Waals surface area contributed by atoms with Crippen LogP contribution in [0.4, 0.5) is 0 Å². The Bertz CT molecular complexity index is 784. The van der Waals surface area contributed by atoms with Gasteiger partial charge >= 0.3 is 0 Å². The molecule has 1 aromatic carbocycles. The van der Waals surface area contributed by atoms with Crippen molar-refractivity contribution in [2.75, 3.05) is 26.2 Å². The Morgan fingerprint density at radius 1 is 1.26 bits per heavy atom. The summed E-state index contributed by atoms with van der Waals surface area (Å²) in [5, 5.41) is 0. The first-order chi connectivity index (χ1) is 11.1. The lowest BCUT2D eigenvalue weighted by molar-refractivity contribution is 0.395. The van der Waals surface area contributed by atoms with Gasteiger partial charge in [-0.05, 0) is 42.8 Å². The first-order valence-electron chi connectivity index (χ1n) is 7.16. The molecule has 0 amide bonds. The molecule has 0 bridgehead atoms. The van der Waals surface area contributed by atoms with Gasteiger partial charge in [-0.15, -0.1) is 0 Å². The van der Waals surface area contributed by atoms with E-state index >= 15 is 0 Å². The molecular weight excluding hydrogens is 332 g/mol. The average Bonchev–Trinajstić information content (AvgIpc) is 2.55. The van der Waals surface area contributed by atoms with Crippen molar-refractivity contribution < 1.29 is 9.47 Å². The maximum atomic E-state index is 11.9. The maximum Gasteiger partial charge on any atom is 0.252 e. The normalized spacial score (nSPS) is 10.6. The second kappa shape index (κ2) is 8.21. The molecule has 0 aliphatic carbocycles. The number of H-pyrrole nitrogens is 1. The van der Waals surface area contributed by atoms with Crippen LogP contribution >= 0.6 is 24.0 Å². The topological polar surface area (TPSA) is 56.2 Å². The molecule has 1 aromatic heterocycles. The highest BCUT2D eigenvalue weighted by Crippen LogP contribution is 2.32. The van der Waals surface area contributed by atoms with E-state index in [1.54, 1.807) is 38.1 Å². The standard InChI is InChI=1S/C16H20N2O3S2/c1-20-11-5-6-12(14(9-11)21-2)13-10-15(19)17-16(22)18(13)7-4-8-23-3/h5-6,9-10H,4,7-8H2,1-3H3,(H,17,19,22). The third-order valence-corrected chi connectivity index (χ3v) is 4.47. The minimum Gasteiger partial charge on any atom is -0.497 e. The van der Waals surface area contributed by atoms with Crippen molar-refractivity contribution in [2.24, 2.45) is 0 Å². The van der Waals surface area contributed by atoms with Gasteiger partial charge in [0.25, 0.3) is 5.56 Å². The van der Waals surface area contributed by atoms with E-state index in [1.165, 1.54) is 0 Å². The van der Waals surface area contributed by atoms with E-state index in [4.69, 9.17) is 21.7 Å². The molecule has 2 aromatic rings. The van der Waals surface area contributed by atoms with Crippen LogP contribution in [0.5, 0.6) is 11.5 Å². The van der Waals surface area contributed by atoms with Crippen LogP contribution in [-0.2, 0) is 6.54 Å². The number of thioether (sulfide) groups is 1. The Morgan fingerprint density at radius 2 is 2.04 bits per heavy atom. The molecule has 0 aliphatic rings. The maximum absolute atomic E-state index is 11.9. The summed E-state index contributed by atoms with van der Waals surface area (Å²) in [6.07, 6.45) is 3.03. The predicted molar refractivity (Wildman–Crippen MR) is 97.4 cm³/mol. The second-order valence-electron chi connectivity index (χ2n) is 4.89. The number of methoxy groups -OCH3 is 2. The van der Waals surface area contributed by atoms with E-state index in [2.05, 4.69) is 11.2 Å². The van der Waals surface area contributed by atoms with Crippen molar-refractivity contribution in [2.45, 2.75) is 13.0 Å². The number of nitrogens with zero attached hydrogens (tertiary/aromatic N) is 1. The van der Waals surface area contributed by atoms with E-state index in [0.29, 0.717) is 16.3 Å². The van der Waals surface area contributed by atoms with Gasteiger partial charge in [0.15, 0.2) is 4.77 Å². The van der Waals surface area contributed by atoms with E-state index in [-0.39, 0.29) is 5.56 Å². The number of benzene rings is 1. The summed E-state index contributed by atoms with van der Waals surface area (Å²) < 4.78 is 13.0. The number of aromatic amines is 1. The van der Waals surface area contributed by atoms with Gasteiger partial charge in [-0.25, -0.2) is 0 Å². The molecule has 0 saturated heterocycles. The Morgan fingerprint density at radius 3 is 2.70 bits per heavy atom. The fourth-order valence-corrected chi connectivity index (χ4v) is 3.05. The predicted octanol–water partition coefficient (Wildman–Crippen LogP) is 3.34. The van der Waals surface area contributed by atoms with E-state index < -0.39 is 0 Å². The van der Waals surface area contributed by atoms with Crippen LogP contribution in [0.15, 0.2) is 29.1 Å². The van der Waals surface area contributed by atoms with Crippen LogP contribution < -0.4 is 15.0 Å². The van der Waals surface area contributed by atoms with Gasteiger partial charge < -0.3 is 14.0 Å². The van der Waals surface area contributed by atoms with Crippen molar-refractivity contribution in [3.8, 4) is 22.8 Å². The Hall–Kier alpha value is -1.73. The van der Waals surface area contributed by atoms with Crippen molar-refractivity contribution in [1.82, 2.24) is 9.55 Å². The molecule has 0 unspecified atom stereocenters. The van der Waals surface area contributed by atoms with Crippen LogP contribution in [-0.4, -0.2) is 35.8 Å². The van der Waals surface area contributed by atoms with Gasteiger partial charge in [0.1, 0.15) is 11.5 Å². The highest BCUT2D eigenvalue weighted by Gasteiger charge is 2.13. The molecule has 124 valence electrons. The first-order valence-corrected chi connectivity index (χ1v) is 8.96. The summed E-state index contributed by atoms with van der Waals surface area (Å²) in [4.78, 5) is 14.6. The average molecular weight is 352 g/mol. The monoisotopic (exact) mass is 352 g/mol. The second-order valence-corrected chi connectivity index (χ2v) is 6.26. The Kier molecular flexibility index (Phi) is 6.29. The summed E-state index contributed by atoms with van der Waals surface area (Å²) in [5.41, 5.74) is 1.35. The van der Waals surface area contributed by atoms with Crippen LogP contribution in [0.1, 0.15) is 6.42 Å². The summed E-state index contributed by atoms with van der Waals surface area (Å²) in [7, 11) is 3.20. The molecule has 0 radical (unpaired) electrons. The SMILES string of the molecule is COc1ccc(-c2cc(=O)[nH]c(=S)n2CCCSC)c(OC)c1. The number of nitrogens with one attached hydrogen (secondary N) is 1. The zero-order valence-electron chi connectivity index (χ0n) is 13.4. The van der Waals surface area contributed by atoms with Crippen molar-refractivity contribution >= 4 is 24.0 Å². The van der Waals surface area contributed by atoms with Crippen molar-refractivity contribution in [3.63, 3.8) is 0 Å². The minimum absolute atomic E-state index is 0.219. The van der Waals surface area contributed by atoms with E-state index in [0.717, 1.165) is 30.0 Å². The molecule has 1 heterocycles. The molecule has 0 atom stereocenters. The van der Waals surface area contributed by atoms with Crippen LogP contribution in [0, 0.1) is 4.77 Å². The lowest BCUT2D eigenvalue weighted by atomic mass is 10.1. The number of hydrogen-bond acceptors (Lipinski definition) is 5. The van der Waals surface area contributed by atoms with Gasteiger partial charge in [0.2, 0.25) is 0 Å². The minimum atomic E-state index is -0.219. The van der Waals surface area contributed by atoms with Gasteiger partial charge in [0.05, 0.1) is 19.9 Å². The van der Waals surface area contributed by atoms with Gasteiger partial charge in [-0.3, -0.25) is 9.78 Å². The molecule has 0 fully saturated rings. The fourth-order valence-electron chi connectivity index (χ4n) is 2.34. The van der Waals surface area contributed by atoms with Gasteiger partial charge in [-0.1, -0.05) is 0 Å². The molecule has 5 nitrogen and oxygen atoms in total. The highest BCUT2D eigenvalue weighted by atomic mass is 32.2. The summed E-state index contributed by atoms with van der Waals surface area (Å²) in [5.74, 6) is 2.37. The lowest BCUT2D eigenvalue weighted by Gasteiger charge is -2.16.